The second-order valence-electron chi connectivity index (χ2n) is 5.82. The molecule has 0 aliphatic rings. The Hall–Kier alpha value is -1.96. The third-order valence-corrected chi connectivity index (χ3v) is 3.68. The highest BCUT2D eigenvalue weighted by molar-refractivity contribution is 5.58. The number of aryl methyl sites for hydroxylation is 5. The number of benzene rings is 2. The van der Waals surface area contributed by atoms with Crippen molar-refractivity contribution in [3.63, 3.8) is 0 Å². The van der Waals surface area contributed by atoms with Crippen molar-refractivity contribution in [2.24, 2.45) is 0 Å². The van der Waals surface area contributed by atoms with Gasteiger partial charge in [0.15, 0.2) is 0 Å². The number of hydrogen-bond acceptors (Lipinski definition) is 2. The van der Waals surface area contributed by atoms with Gasteiger partial charge < -0.3 is 10.1 Å². The SMILES string of the molecule is Cc1cc(C)c(NCCOc2cc(C)ccc2C)c(C)c1. The van der Waals surface area contributed by atoms with Gasteiger partial charge in [-0.2, -0.15) is 0 Å². The van der Waals surface area contributed by atoms with Gasteiger partial charge in [0.25, 0.3) is 0 Å². The fraction of sp³-hybridized carbons (Fsp3) is 0.368. The minimum absolute atomic E-state index is 0.664. The quantitative estimate of drug-likeness (QED) is 0.802. The summed E-state index contributed by atoms with van der Waals surface area (Å²) in [5, 5.41) is 3.49. The predicted octanol–water partition coefficient (Wildman–Crippen LogP) is 4.72. The zero-order valence-electron chi connectivity index (χ0n) is 13.7. The van der Waals surface area contributed by atoms with E-state index in [4.69, 9.17) is 4.74 Å². The van der Waals surface area contributed by atoms with Gasteiger partial charge in [0.2, 0.25) is 0 Å². The van der Waals surface area contributed by atoms with Gasteiger partial charge in [0, 0.05) is 12.2 Å². The first kappa shape index (κ1) is 15.4. The third-order valence-electron chi connectivity index (χ3n) is 3.68. The molecule has 0 atom stereocenters. The first-order valence-electron chi connectivity index (χ1n) is 7.49. The summed E-state index contributed by atoms with van der Waals surface area (Å²) in [5.74, 6) is 0.981. The van der Waals surface area contributed by atoms with E-state index in [-0.39, 0.29) is 0 Å². The van der Waals surface area contributed by atoms with E-state index in [2.05, 4.69) is 70.3 Å². The topological polar surface area (TPSA) is 21.3 Å². The summed E-state index contributed by atoms with van der Waals surface area (Å²) < 4.78 is 5.88. The molecule has 2 aromatic carbocycles. The zero-order chi connectivity index (χ0) is 15.4. The Kier molecular flexibility index (Phi) is 4.89. The zero-order valence-corrected chi connectivity index (χ0v) is 13.7. The van der Waals surface area contributed by atoms with Crippen molar-refractivity contribution in [3.05, 3.63) is 58.1 Å². The van der Waals surface area contributed by atoms with Crippen LogP contribution in [0.15, 0.2) is 30.3 Å². The van der Waals surface area contributed by atoms with Gasteiger partial charge in [-0.25, -0.2) is 0 Å². The van der Waals surface area contributed by atoms with Gasteiger partial charge >= 0.3 is 0 Å². The van der Waals surface area contributed by atoms with Crippen LogP contribution in [0.5, 0.6) is 5.75 Å². The van der Waals surface area contributed by atoms with Crippen LogP contribution in [0.4, 0.5) is 5.69 Å². The molecule has 0 spiro atoms. The minimum atomic E-state index is 0.664. The summed E-state index contributed by atoms with van der Waals surface area (Å²) >= 11 is 0. The fourth-order valence-corrected chi connectivity index (χ4v) is 2.66. The lowest BCUT2D eigenvalue weighted by atomic mass is 10.1. The normalized spacial score (nSPS) is 10.5. The largest absolute Gasteiger partial charge is 0.491 e. The molecule has 0 bridgehead atoms. The summed E-state index contributed by atoms with van der Waals surface area (Å²) in [6.07, 6.45) is 0. The molecule has 0 saturated carbocycles. The van der Waals surface area contributed by atoms with Crippen LogP contribution < -0.4 is 10.1 Å². The minimum Gasteiger partial charge on any atom is -0.491 e. The van der Waals surface area contributed by atoms with E-state index >= 15 is 0 Å². The summed E-state index contributed by atoms with van der Waals surface area (Å²) in [6.45, 7) is 12.1. The van der Waals surface area contributed by atoms with Crippen LogP contribution in [0.2, 0.25) is 0 Å². The Morgan fingerprint density at radius 1 is 0.810 bits per heavy atom. The number of rotatable bonds is 5. The average Bonchev–Trinajstić information content (AvgIpc) is 2.40. The number of hydrogen-bond donors (Lipinski definition) is 1. The Bertz CT molecular complexity index is 608. The predicted molar refractivity (Wildman–Crippen MR) is 90.6 cm³/mol. The number of nitrogens with one attached hydrogen (secondary N) is 1. The fourth-order valence-electron chi connectivity index (χ4n) is 2.66. The molecule has 0 amide bonds. The summed E-state index contributed by atoms with van der Waals surface area (Å²) in [4.78, 5) is 0. The van der Waals surface area contributed by atoms with Crippen LogP contribution in [0, 0.1) is 34.6 Å². The van der Waals surface area contributed by atoms with E-state index < -0.39 is 0 Å². The van der Waals surface area contributed by atoms with Gasteiger partial charge in [-0.3, -0.25) is 0 Å². The molecule has 2 aromatic rings. The van der Waals surface area contributed by atoms with Gasteiger partial charge in [-0.1, -0.05) is 29.8 Å². The Morgan fingerprint density at radius 2 is 1.48 bits per heavy atom. The second kappa shape index (κ2) is 6.66. The molecule has 2 heteroatoms. The molecule has 0 aliphatic heterocycles. The lowest BCUT2D eigenvalue weighted by Crippen LogP contribution is -2.13. The van der Waals surface area contributed by atoms with Crippen LogP contribution in [-0.2, 0) is 0 Å². The molecular formula is C19H25NO. The molecule has 21 heavy (non-hydrogen) atoms. The molecule has 1 N–H and O–H groups in total. The maximum atomic E-state index is 5.88. The molecule has 0 radical (unpaired) electrons. The van der Waals surface area contributed by atoms with E-state index in [1.165, 1.54) is 33.5 Å². The average molecular weight is 283 g/mol. The van der Waals surface area contributed by atoms with Gasteiger partial charge in [0.1, 0.15) is 12.4 Å². The molecule has 0 aromatic heterocycles. The Balaban J connectivity index is 1.92. The first-order valence-corrected chi connectivity index (χ1v) is 7.49. The van der Waals surface area contributed by atoms with Crippen molar-refractivity contribution in [3.8, 4) is 5.75 Å². The van der Waals surface area contributed by atoms with E-state index in [0.717, 1.165) is 12.3 Å². The van der Waals surface area contributed by atoms with Crippen LogP contribution in [0.1, 0.15) is 27.8 Å². The molecule has 0 aliphatic carbocycles. The molecule has 0 fully saturated rings. The summed E-state index contributed by atoms with van der Waals surface area (Å²) in [5.41, 5.74) is 7.53. The van der Waals surface area contributed by atoms with Crippen LogP contribution in [0.25, 0.3) is 0 Å². The third kappa shape index (κ3) is 4.01. The van der Waals surface area contributed by atoms with Crippen molar-refractivity contribution in [2.75, 3.05) is 18.5 Å². The molecular weight excluding hydrogens is 258 g/mol. The van der Waals surface area contributed by atoms with Crippen molar-refractivity contribution >= 4 is 5.69 Å². The lowest BCUT2D eigenvalue weighted by molar-refractivity contribution is 0.330. The van der Waals surface area contributed by atoms with Crippen LogP contribution >= 0.6 is 0 Å². The highest BCUT2D eigenvalue weighted by Gasteiger charge is 2.04. The summed E-state index contributed by atoms with van der Waals surface area (Å²) in [7, 11) is 0. The highest BCUT2D eigenvalue weighted by Crippen LogP contribution is 2.22. The molecule has 0 saturated heterocycles. The molecule has 112 valence electrons. The monoisotopic (exact) mass is 283 g/mol. The molecule has 2 rings (SSSR count). The van der Waals surface area contributed by atoms with Gasteiger partial charge in [0.05, 0.1) is 0 Å². The van der Waals surface area contributed by atoms with Gasteiger partial charge in [-0.15, -0.1) is 0 Å². The van der Waals surface area contributed by atoms with Crippen molar-refractivity contribution in [1.82, 2.24) is 0 Å². The number of anilines is 1. The summed E-state index contributed by atoms with van der Waals surface area (Å²) in [6, 6.07) is 10.7. The second-order valence-corrected chi connectivity index (χ2v) is 5.82. The maximum absolute atomic E-state index is 5.88. The molecule has 0 heterocycles. The van der Waals surface area contributed by atoms with E-state index in [9.17, 15) is 0 Å². The Labute approximate surface area is 128 Å². The van der Waals surface area contributed by atoms with E-state index in [0.29, 0.717) is 6.61 Å². The Morgan fingerprint density at radius 3 is 2.14 bits per heavy atom. The first-order chi connectivity index (χ1) is 9.97. The lowest BCUT2D eigenvalue weighted by Gasteiger charge is -2.15. The van der Waals surface area contributed by atoms with Crippen LogP contribution in [-0.4, -0.2) is 13.2 Å². The van der Waals surface area contributed by atoms with E-state index in [1.54, 1.807) is 0 Å². The smallest absolute Gasteiger partial charge is 0.122 e. The van der Waals surface area contributed by atoms with Crippen molar-refractivity contribution < 1.29 is 4.74 Å². The van der Waals surface area contributed by atoms with E-state index in [1.807, 2.05) is 0 Å². The highest BCUT2D eigenvalue weighted by atomic mass is 16.5. The molecule has 0 unspecified atom stereocenters. The van der Waals surface area contributed by atoms with Crippen molar-refractivity contribution in [1.29, 1.82) is 0 Å². The molecule has 2 nitrogen and oxygen atoms in total. The van der Waals surface area contributed by atoms with Crippen molar-refractivity contribution in [2.45, 2.75) is 34.6 Å². The van der Waals surface area contributed by atoms with Crippen LogP contribution in [0.3, 0.4) is 0 Å². The standard InChI is InChI=1S/C19H25NO/c1-13-6-7-15(3)18(12-13)21-9-8-20-19-16(4)10-14(2)11-17(19)5/h6-7,10-12,20H,8-9H2,1-5H3. The van der Waals surface area contributed by atoms with Gasteiger partial charge in [-0.05, 0) is 62.9 Å². The maximum Gasteiger partial charge on any atom is 0.122 e. The number of ether oxygens (including phenoxy) is 1.